The van der Waals surface area contributed by atoms with Crippen LogP contribution in [-0.2, 0) is 19.1 Å². The number of hydrogen-bond donors (Lipinski definition) is 0. The summed E-state index contributed by atoms with van der Waals surface area (Å²) in [5.41, 5.74) is 0. The maximum absolute atomic E-state index is 12.5. The molecule has 0 amide bonds. The Morgan fingerprint density at radius 2 is 0.971 bits per heavy atom. The first-order valence-corrected chi connectivity index (χ1v) is 14.6. The van der Waals surface area contributed by atoms with Crippen LogP contribution < -0.4 is 0 Å². The number of esters is 2. The summed E-state index contributed by atoms with van der Waals surface area (Å²) in [4.78, 5) is 25.1. The normalized spacial score (nSPS) is 21.9. The van der Waals surface area contributed by atoms with Gasteiger partial charge in [-0.1, -0.05) is 92.9 Å². The van der Waals surface area contributed by atoms with Crippen LogP contribution in [0.3, 0.4) is 0 Å². The fraction of sp³-hybridized carbons (Fsp3) is 0.933. The van der Waals surface area contributed by atoms with Gasteiger partial charge < -0.3 is 9.47 Å². The summed E-state index contributed by atoms with van der Waals surface area (Å²) in [6.45, 7) is 14.5. The Morgan fingerprint density at radius 1 is 0.618 bits per heavy atom. The van der Waals surface area contributed by atoms with E-state index in [1.54, 1.807) is 0 Å². The second kappa shape index (κ2) is 18.2. The third-order valence-corrected chi connectivity index (χ3v) is 7.62. The highest BCUT2D eigenvalue weighted by atomic mass is 16.5. The van der Waals surface area contributed by atoms with E-state index in [9.17, 15) is 9.59 Å². The Balaban J connectivity index is 2.21. The highest BCUT2D eigenvalue weighted by Gasteiger charge is 2.32. The predicted octanol–water partition coefficient (Wildman–Crippen LogP) is 8.36. The third kappa shape index (κ3) is 13.7. The van der Waals surface area contributed by atoms with Crippen LogP contribution in [0, 0.1) is 35.5 Å². The van der Waals surface area contributed by atoms with Crippen molar-refractivity contribution in [3.8, 4) is 0 Å². The monoisotopic (exact) mass is 480 g/mol. The minimum Gasteiger partial charge on any atom is -0.465 e. The van der Waals surface area contributed by atoms with Crippen LogP contribution in [0.4, 0.5) is 0 Å². The van der Waals surface area contributed by atoms with Crippen molar-refractivity contribution in [1.82, 2.24) is 0 Å². The molecular weight excluding hydrogens is 424 g/mol. The van der Waals surface area contributed by atoms with Crippen LogP contribution in [0.25, 0.3) is 0 Å². The summed E-state index contributed by atoms with van der Waals surface area (Å²) < 4.78 is 11.3. The van der Waals surface area contributed by atoms with Crippen LogP contribution in [0.15, 0.2) is 0 Å². The average Bonchev–Trinajstić information content (AvgIpc) is 2.81. The van der Waals surface area contributed by atoms with Gasteiger partial charge in [-0.05, 0) is 62.2 Å². The van der Waals surface area contributed by atoms with E-state index >= 15 is 0 Å². The van der Waals surface area contributed by atoms with Crippen molar-refractivity contribution in [2.45, 2.75) is 131 Å². The topological polar surface area (TPSA) is 52.6 Å². The SMILES string of the molecule is CCCCCC(C)CC(C)COC(=O)C1CCC(C(=O)OCC(C)CC(C)CCCCC)CC1. The summed E-state index contributed by atoms with van der Waals surface area (Å²) >= 11 is 0. The van der Waals surface area contributed by atoms with E-state index in [2.05, 4.69) is 41.5 Å². The van der Waals surface area contributed by atoms with Gasteiger partial charge in [-0.2, -0.15) is 0 Å². The van der Waals surface area contributed by atoms with Gasteiger partial charge in [-0.15, -0.1) is 0 Å². The van der Waals surface area contributed by atoms with Gasteiger partial charge in [0.25, 0.3) is 0 Å². The molecule has 0 aliphatic heterocycles. The van der Waals surface area contributed by atoms with Gasteiger partial charge in [0, 0.05) is 0 Å². The molecule has 0 saturated heterocycles. The molecule has 0 N–H and O–H groups in total. The van der Waals surface area contributed by atoms with E-state index in [-0.39, 0.29) is 23.8 Å². The average molecular weight is 481 g/mol. The summed E-state index contributed by atoms with van der Waals surface area (Å²) in [6, 6.07) is 0. The number of unbranched alkanes of at least 4 members (excludes halogenated alkanes) is 4. The third-order valence-electron chi connectivity index (χ3n) is 7.62. The molecule has 4 nitrogen and oxygen atoms in total. The number of carbonyl (C=O) groups is 2. The van der Waals surface area contributed by atoms with Crippen LogP contribution >= 0.6 is 0 Å². The Hall–Kier alpha value is -1.06. The molecule has 4 atom stereocenters. The van der Waals surface area contributed by atoms with Crippen LogP contribution in [0.2, 0.25) is 0 Å². The van der Waals surface area contributed by atoms with Gasteiger partial charge in [0.15, 0.2) is 0 Å². The fourth-order valence-corrected chi connectivity index (χ4v) is 5.48. The van der Waals surface area contributed by atoms with Crippen molar-refractivity contribution >= 4 is 11.9 Å². The second-order valence-corrected chi connectivity index (χ2v) is 11.7. The van der Waals surface area contributed by atoms with Gasteiger partial charge in [0.1, 0.15) is 0 Å². The molecule has 0 heterocycles. The number of rotatable bonds is 18. The molecular formula is C30H56O4. The Labute approximate surface area is 211 Å². The molecule has 0 aromatic carbocycles. The molecule has 0 bridgehead atoms. The molecule has 4 heteroatoms. The van der Waals surface area contributed by atoms with E-state index < -0.39 is 0 Å². The second-order valence-electron chi connectivity index (χ2n) is 11.7. The quantitative estimate of drug-likeness (QED) is 0.146. The number of ether oxygens (including phenoxy) is 2. The van der Waals surface area contributed by atoms with Gasteiger partial charge in [-0.25, -0.2) is 0 Å². The van der Waals surface area contributed by atoms with Gasteiger partial charge in [-0.3, -0.25) is 9.59 Å². The molecule has 0 aromatic rings. The smallest absolute Gasteiger partial charge is 0.308 e. The first kappa shape index (κ1) is 31.0. The lowest BCUT2D eigenvalue weighted by atomic mass is 9.82. The summed E-state index contributed by atoms with van der Waals surface area (Å²) in [5, 5.41) is 0. The lowest BCUT2D eigenvalue weighted by Crippen LogP contribution is -2.29. The predicted molar refractivity (Wildman–Crippen MR) is 142 cm³/mol. The lowest BCUT2D eigenvalue weighted by molar-refractivity contribution is -0.156. The molecule has 1 saturated carbocycles. The molecule has 1 fully saturated rings. The molecule has 0 radical (unpaired) electrons. The first-order valence-electron chi connectivity index (χ1n) is 14.6. The van der Waals surface area contributed by atoms with Crippen LogP contribution in [-0.4, -0.2) is 25.2 Å². The molecule has 34 heavy (non-hydrogen) atoms. The highest BCUT2D eigenvalue weighted by Crippen LogP contribution is 2.31. The van der Waals surface area contributed by atoms with Crippen molar-refractivity contribution in [2.24, 2.45) is 35.5 Å². The molecule has 1 rings (SSSR count). The van der Waals surface area contributed by atoms with Crippen molar-refractivity contribution in [2.75, 3.05) is 13.2 Å². The minimum absolute atomic E-state index is 0.0545. The molecule has 1 aliphatic rings. The molecule has 200 valence electrons. The van der Waals surface area contributed by atoms with E-state index in [1.807, 2.05) is 0 Å². The Morgan fingerprint density at radius 3 is 1.29 bits per heavy atom. The van der Waals surface area contributed by atoms with Gasteiger partial charge >= 0.3 is 11.9 Å². The standard InChI is InChI=1S/C30H56O4/c1-7-9-11-13-23(3)19-25(5)21-33-29(31)27-15-17-28(18-16-27)30(32)34-22-26(6)20-24(4)14-12-10-8-2/h23-28H,7-22H2,1-6H3. The lowest BCUT2D eigenvalue weighted by Gasteiger charge is -2.27. The highest BCUT2D eigenvalue weighted by molar-refractivity contribution is 5.75. The van der Waals surface area contributed by atoms with Gasteiger partial charge in [0.05, 0.1) is 25.0 Å². The molecule has 0 spiro atoms. The van der Waals surface area contributed by atoms with E-state index in [0.29, 0.717) is 36.9 Å². The molecule has 4 unspecified atom stereocenters. The fourth-order valence-electron chi connectivity index (χ4n) is 5.48. The Kier molecular flexibility index (Phi) is 16.6. The van der Waals surface area contributed by atoms with Crippen molar-refractivity contribution in [3.05, 3.63) is 0 Å². The number of carbonyl (C=O) groups excluding carboxylic acids is 2. The van der Waals surface area contributed by atoms with Crippen molar-refractivity contribution in [1.29, 1.82) is 0 Å². The van der Waals surface area contributed by atoms with Crippen molar-refractivity contribution in [3.63, 3.8) is 0 Å². The summed E-state index contributed by atoms with van der Waals surface area (Å²) in [5.74, 6) is 1.95. The van der Waals surface area contributed by atoms with E-state index in [1.165, 1.54) is 51.4 Å². The number of hydrogen-bond acceptors (Lipinski definition) is 4. The first-order chi connectivity index (χ1) is 16.3. The van der Waals surface area contributed by atoms with E-state index in [4.69, 9.17) is 9.47 Å². The Bertz CT molecular complexity index is 490. The minimum atomic E-state index is -0.0667. The largest absolute Gasteiger partial charge is 0.465 e. The maximum atomic E-state index is 12.5. The van der Waals surface area contributed by atoms with Gasteiger partial charge in [0.2, 0.25) is 0 Å². The van der Waals surface area contributed by atoms with Crippen molar-refractivity contribution < 1.29 is 19.1 Å². The maximum Gasteiger partial charge on any atom is 0.308 e. The zero-order chi connectivity index (χ0) is 25.3. The zero-order valence-electron chi connectivity index (χ0n) is 23.4. The molecule has 0 aromatic heterocycles. The molecule has 1 aliphatic carbocycles. The summed E-state index contributed by atoms with van der Waals surface area (Å²) in [7, 11) is 0. The van der Waals surface area contributed by atoms with E-state index in [0.717, 1.165) is 38.5 Å². The zero-order valence-corrected chi connectivity index (χ0v) is 23.4. The summed E-state index contributed by atoms with van der Waals surface area (Å²) in [6.07, 6.45) is 15.5. The van der Waals surface area contributed by atoms with Crippen LogP contribution in [0.5, 0.6) is 0 Å². The van der Waals surface area contributed by atoms with Crippen LogP contribution in [0.1, 0.15) is 131 Å².